The number of hydrogen-bond acceptors (Lipinski definition) is 6. The Balaban J connectivity index is 1.19. The number of rotatable bonds is 7. The van der Waals surface area contributed by atoms with Crippen molar-refractivity contribution >= 4 is 56.7 Å². The average Bonchev–Trinajstić information content (AvgIpc) is 3.46. The molecule has 4 aliphatic heterocycles. The maximum absolute atomic E-state index is 17.3. The van der Waals surface area contributed by atoms with E-state index in [1.165, 1.54) is 6.20 Å². The SMILES string of the molecule is Cc1nc2c(F)c(-c3cccc(Cl)c3Cl)c(CCC#N)cc2c2c1cc([C@H]1[C@H]3C[C@H](CN(c4cc(C(F)(F)F)ccn4)C3)N1C(=O)C1CC1)n2[C@H]1[C@H]2CN[C@@H]1C2. The van der Waals surface area contributed by atoms with Gasteiger partial charge in [0.2, 0.25) is 5.91 Å². The van der Waals surface area contributed by atoms with Crippen molar-refractivity contribution in [3.05, 3.63) is 87.0 Å². The molecule has 288 valence electrons. The zero-order valence-electron chi connectivity index (χ0n) is 30.4. The van der Waals surface area contributed by atoms with E-state index in [9.17, 15) is 23.2 Å². The number of carbonyl (C=O) groups excluding carboxylic acids is 1. The molecule has 3 aromatic heterocycles. The zero-order chi connectivity index (χ0) is 38.8. The molecule has 2 aromatic carbocycles. The number of carbonyl (C=O) groups is 1. The van der Waals surface area contributed by atoms with Crippen LogP contribution in [0.15, 0.2) is 48.7 Å². The van der Waals surface area contributed by atoms with Crippen LogP contribution in [0.4, 0.5) is 23.4 Å². The van der Waals surface area contributed by atoms with Gasteiger partial charge in [-0.25, -0.2) is 14.4 Å². The first-order chi connectivity index (χ1) is 26.9. The van der Waals surface area contributed by atoms with Gasteiger partial charge in [-0.15, -0.1) is 0 Å². The number of benzene rings is 2. The summed E-state index contributed by atoms with van der Waals surface area (Å²) in [6.07, 6.45) is 0.464. The quantitative estimate of drug-likeness (QED) is 0.165. The van der Waals surface area contributed by atoms with E-state index in [2.05, 4.69) is 27.0 Å². The Morgan fingerprint density at radius 2 is 1.89 bits per heavy atom. The summed E-state index contributed by atoms with van der Waals surface area (Å²) < 4.78 is 61.1. The van der Waals surface area contributed by atoms with E-state index < -0.39 is 17.6 Å². The third kappa shape index (κ3) is 5.52. The Morgan fingerprint density at radius 1 is 1.07 bits per heavy atom. The van der Waals surface area contributed by atoms with Gasteiger partial charge in [0.1, 0.15) is 11.3 Å². The number of aryl methyl sites for hydroxylation is 2. The number of fused-ring (bicyclic) bond motifs is 6. The van der Waals surface area contributed by atoms with Gasteiger partial charge >= 0.3 is 6.18 Å². The standard InChI is InChI=1S/C42H37Cl2F4N7O/c1-20-28-16-32(39-24-12-26(54(39)41(56)21-7-8-21)19-53(18-24)33-15-25(9-11-50-33)42(46,47)48)55(38-23-14-31(38)51-17-23)40(28)29-13-22(4-3-10-49)34(36(45)37(29)52-20)27-5-2-6-30(43)35(27)44/h2,5-6,9,11,13,15-16,21,23-24,26,31,38-39,51H,3-4,7-8,12,14,17-19H2,1H3/t23-,24+,26-,31-,38+,39-/m1/s1. The number of amides is 1. The molecule has 14 heteroatoms. The van der Waals surface area contributed by atoms with E-state index >= 15 is 4.39 Å². The Kier molecular flexibility index (Phi) is 8.37. The zero-order valence-corrected chi connectivity index (χ0v) is 31.9. The average molecular weight is 803 g/mol. The molecule has 6 aliphatic rings. The van der Waals surface area contributed by atoms with Crippen LogP contribution in [0.1, 0.15) is 66.7 Å². The fraction of sp³-hybridized carbons (Fsp3) is 0.429. The van der Waals surface area contributed by atoms with E-state index in [1.54, 1.807) is 18.2 Å². The number of hydrogen-bond donors (Lipinski definition) is 1. The predicted molar refractivity (Wildman–Crippen MR) is 206 cm³/mol. The van der Waals surface area contributed by atoms with Crippen LogP contribution in [0.25, 0.3) is 32.9 Å². The summed E-state index contributed by atoms with van der Waals surface area (Å²) in [4.78, 5) is 27.6. The molecule has 0 spiro atoms. The summed E-state index contributed by atoms with van der Waals surface area (Å²) in [5, 5.41) is 15.3. The molecule has 5 aromatic rings. The maximum atomic E-state index is 17.3. The molecule has 0 unspecified atom stereocenters. The van der Waals surface area contributed by atoms with Gasteiger partial charge in [0.15, 0.2) is 5.82 Å². The lowest BCUT2D eigenvalue weighted by atomic mass is 9.79. The Labute approximate surface area is 330 Å². The summed E-state index contributed by atoms with van der Waals surface area (Å²) >= 11 is 13.1. The highest BCUT2D eigenvalue weighted by atomic mass is 35.5. The van der Waals surface area contributed by atoms with Crippen molar-refractivity contribution in [3.8, 4) is 17.2 Å². The van der Waals surface area contributed by atoms with Gasteiger partial charge in [0.25, 0.3) is 0 Å². The van der Waals surface area contributed by atoms with Gasteiger partial charge in [-0.2, -0.15) is 18.4 Å². The van der Waals surface area contributed by atoms with Gasteiger partial charge in [-0.1, -0.05) is 35.3 Å². The number of pyridine rings is 2. The largest absolute Gasteiger partial charge is 0.416 e. The molecule has 11 rings (SSSR count). The smallest absolute Gasteiger partial charge is 0.354 e. The highest BCUT2D eigenvalue weighted by Gasteiger charge is 2.55. The topological polar surface area (TPSA) is 90.1 Å². The molecule has 4 bridgehead atoms. The number of anilines is 1. The predicted octanol–water partition coefficient (Wildman–Crippen LogP) is 9.20. The highest BCUT2D eigenvalue weighted by molar-refractivity contribution is 6.43. The first-order valence-corrected chi connectivity index (χ1v) is 20.0. The number of nitrogens with one attached hydrogen (secondary N) is 1. The molecule has 6 atom stereocenters. The number of piperidine rings is 1. The van der Waals surface area contributed by atoms with Gasteiger partial charge in [-0.05, 0) is 80.8 Å². The third-order valence-corrected chi connectivity index (χ3v) is 13.7. The van der Waals surface area contributed by atoms with Crippen LogP contribution in [0.3, 0.4) is 0 Å². The third-order valence-electron chi connectivity index (χ3n) is 12.9. The lowest BCUT2D eigenvalue weighted by Gasteiger charge is -2.40. The maximum Gasteiger partial charge on any atom is 0.416 e. The fourth-order valence-corrected chi connectivity index (χ4v) is 10.7. The number of halogens is 6. The van der Waals surface area contributed by atoms with Crippen molar-refractivity contribution in [2.75, 3.05) is 24.5 Å². The second-order valence-electron chi connectivity index (χ2n) is 16.2. The molecule has 56 heavy (non-hydrogen) atoms. The van der Waals surface area contributed by atoms with Crippen molar-refractivity contribution in [2.24, 2.45) is 17.8 Å². The van der Waals surface area contributed by atoms with Crippen LogP contribution in [0, 0.1) is 41.8 Å². The molecule has 6 fully saturated rings. The van der Waals surface area contributed by atoms with Gasteiger partial charge in [0.05, 0.1) is 45.3 Å². The second-order valence-corrected chi connectivity index (χ2v) is 17.0. The van der Waals surface area contributed by atoms with Crippen molar-refractivity contribution in [2.45, 2.75) is 75.8 Å². The number of likely N-dealkylation sites (tertiary alicyclic amines) is 1. The van der Waals surface area contributed by atoms with Crippen LogP contribution < -0.4 is 10.2 Å². The van der Waals surface area contributed by atoms with Crippen LogP contribution in [-0.4, -0.2) is 57.1 Å². The fourth-order valence-electron chi connectivity index (χ4n) is 10.3. The number of aromatic nitrogens is 3. The van der Waals surface area contributed by atoms with Crippen molar-refractivity contribution in [3.63, 3.8) is 0 Å². The molecule has 8 nitrogen and oxygen atoms in total. The van der Waals surface area contributed by atoms with Crippen molar-refractivity contribution < 1.29 is 22.4 Å². The summed E-state index contributed by atoms with van der Waals surface area (Å²) in [6, 6.07) is 13.1. The minimum atomic E-state index is -4.51. The van der Waals surface area contributed by atoms with Gasteiger partial charge < -0.3 is 19.7 Å². The summed E-state index contributed by atoms with van der Waals surface area (Å²) in [7, 11) is 0. The molecule has 2 saturated carbocycles. The molecular formula is C42H37Cl2F4N7O. The Morgan fingerprint density at radius 3 is 2.61 bits per heavy atom. The minimum Gasteiger partial charge on any atom is -0.354 e. The second kappa shape index (κ2) is 13.0. The monoisotopic (exact) mass is 801 g/mol. The van der Waals surface area contributed by atoms with E-state index in [-0.39, 0.29) is 81.7 Å². The first kappa shape index (κ1) is 35.9. The van der Waals surface area contributed by atoms with Crippen LogP contribution in [0.5, 0.6) is 0 Å². The highest BCUT2D eigenvalue weighted by Crippen LogP contribution is 2.54. The van der Waals surface area contributed by atoms with E-state index in [0.29, 0.717) is 47.6 Å². The molecule has 1 amide bonds. The molecular weight excluding hydrogens is 765 g/mol. The molecule has 2 aliphatic carbocycles. The van der Waals surface area contributed by atoms with Crippen molar-refractivity contribution in [1.29, 1.82) is 5.26 Å². The van der Waals surface area contributed by atoms with Crippen molar-refractivity contribution in [1.82, 2.24) is 24.8 Å². The summed E-state index contributed by atoms with van der Waals surface area (Å²) in [5.41, 5.74) is 3.15. The molecule has 4 saturated heterocycles. The Hall–Kier alpha value is -4.44. The van der Waals surface area contributed by atoms with Crippen LogP contribution >= 0.6 is 23.2 Å². The lowest BCUT2D eigenvalue weighted by molar-refractivity contribution is -0.137. The van der Waals surface area contributed by atoms with E-state index in [0.717, 1.165) is 54.5 Å². The molecule has 0 radical (unpaired) electrons. The summed E-state index contributed by atoms with van der Waals surface area (Å²) in [6.45, 7) is 3.52. The van der Waals surface area contributed by atoms with E-state index in [1.807, 2.05) is 22.8 Å². The Bertz CT molecular complexity index is 2500. The van der Waals surface area contributed by atoms with Gasteiger partial charge in [-0.3, -0.25) is 4.79 Å². The number of alkyl halides is 3. The number of nitrogens with zero attached hydrogens (tertiary/aromatic N) is 6. The van der Waals surface area contributed by atoms with E-state index in [4.69, 9.17) is 28.2 Å². The lowest BCUT2D eigenvalue weighted by Crippen LogP contribution is -2.45. The van der Waals surface area contributed by atoms with Crippen LogP contribution in [0.2, 0.25) is 10.0 Å². The van der Waals surface area contributed by atoms with Gasteiger partial charge in [0, 0.05) is 83.4 Å². The first-order valence-electron chi connectivity index (χ1n) is 19.2. The molecule has 1 N–H and O–H groups in total. The number of nitriles is 1. The van der Waals surface area contributed by atoms with Crippen LogP contribution in [-0.2, 0) is 17.4 Å². The minimum absolute atomic E-state index is 0.0414. The molecule has 7 heterocycles. The summed E-state index contributed by atoms with van der Waals surface area (Å²) in [5.74, 6) is -0.0578. The normalized spacial score (nSPS) is 25.6.